The highest BCUT2D eigenvalue weighted by molar-refractivity contribution is 5.78. The van der Waals surface area contributed by atoms with Crippen LogP contribution in [0.3, 0.4) is 0 Å². The van der Waals surface area contributed by atoms with Crippen molar-refractivity contribution >= 4 is 5.91 Å². The van der Waals surface area contributed by atoms with Gasteiger partial charge in [-0.1, -0.05) is 19.9 Å². The fourth-order valence-electron chi connectivity index (χ4n) is 3.55. The summed E-state index contributed by atoms with van der Waals surface area (Å²) in [7, 11) is 3.30. The number of methoxy groups -OCH3 is 2. The Morgan fingerprint density at radius 2 is 1.86 bits per heavy atom. The van der Waals surface area contributed by atoms with Gasteiger partial charge in [-0.3, -0.25) is 9.69 Å². The van der Waals surface area contributed by atoms with Crippen LogP contribution in [0, 0.1) is 5.92 Å². The van der Waals surface area contributed by atoms with Gasteiger partial charge in [0.05, 0.1) is 20.3 Å². The number of hydrogen-bond acceptors (Lipinski definition) is 6. The summed E-state index contributed by atoms with van der Waals surface area (Å²) in [4.78, 5) is 14.4. The van der Waals surface area contributed by atoms with Gasteiger partial charge in [0.1, 0.15) is 5.82 Å². The summed E-state index contributed by atoms with van der Waals surface area (Å²) in [5.41, 5.74) is 1.18. The maximum Gasteiger partial charge on any atom is 0.223 e. The van der Waals surface area contributed by atoms with Crippen molar-refractivity contribution in [1.29, 1.82) is 0 Å². The third-order valence-corrected chi connectivity index (χ3v) is 5.27. The lowest BCUT2D eigenvalue weighted by atomic mass is 10.2. The first-order valence-corrected chi connectivity index (χ1v) is 10.1. The molecule has 8 nitrogen and oxygen atoms in total. The monoisotopic (exact) mass is 401 g/mol. The first-order valence-electron chi connectivity index (χ1n) is 10.1. The fourth-order valence-corrected chi connectivity index (χ4v) is 3.55. The van der Waals surface area contributed by atoms with Crippen LogP contribution < -0.4 is 14.8 Å². The Labute approximate surface area is 172 Å². The zero-order valence-electron chi connectivity index (χ0n) is 17.9. The second-order valence-corrected chi connectivity index (χ2v) is 7.73. The van der Waals surface area contributed by atoms with Gasteiger partial charge in [-0.05, 0) is 24.6 Å². The number of nitrogens with zero attached hydrogens (tertiary/aromatic N) is 4. The first-order chi connectivity index (χ1) is 13.9. The number of aromatic nitrogens is 3. The van der Waals surface area contributed by atoms with Gasteiger partial charge in [-0.2, -0.15) is 0 Å². The maximum atomic E-state index is 12.0. The van der Waals surface area contributed by atoms with E-state index in [9.17, 15) is 4.79 Å². The maximum absolute atomic E-state index is 12.0. The molecule has 0 unspecified atom stereocenters. The Kier molecular flexibility index (Phi) is 6.74. The van der Waals surface area contributed by atoms with Crippen molar-refractivity contribution in [2.45, 2.75) is 46.3 Å². The average molecular weight is 402 g/mol. The van der Waals surface area contributed by atoms with Gasteiger partial charge < -0.3 is 19.4 Å². The number of carbonyl (C=O) groups is 1. The van der Waals surface area contributed by atoms with Crippen molar-refractivity contribution in [3.8, 4) is 11.5 Å². The molecular weight excluding hydrogens is 370 g/mol. The number of benzene rings is 1. The molecule has 29 heavy (non-hydrogen) atoms. The zero-order chi connectivity index (χ0) is 21.0. The number of nitrogens with one attached hydrogen (secondary N) is 1. The second-order valence-electron chi connectivity index (χ2n) is 7.73. The number of ether oxygens (including phenoxy) is 2. The minimum atomic E-state index is -0.163. The zero-order valence-corrected chi connectivity index (χ0v) is 17.9. The lowest BCUT2D eigenvalue weighted by Gasteiger charge is -2.21. The van der Waals surface area contributed by atoms with Crippen molar-refractivity contribution in [2.24, 2.45) is 5.92 Å². The predicted molar refractivity (Wildman–Crippen MR) is 110 cm³/mol. The van der Waals surface area contributed by atoms with Crippen molar-refractivity contribution in [3.05, 3.63) is 35.4 Å². The molecule has 1 amide bonds. The van der Waals surface area contributed by atoms with E-state index in [-0.39, 0.29) is 17.9 Å². The van der Waals surface area contributed by atoms with Crippen LogP contribution in [0.5, 0.6) is 11.5 Å². The molecule has 8 heteroatoms. The smallest absolute Gasteiger partial charge is 0.223 e. The lowest BCUT2D eigenvalue weighted by Crippen LogP contribution is -2.32. The summed E-state index contributed by atoms with van der Waals surface area (Å²) < 4.78 is 12.9. The number of carbonyl (C=O) groups excluding carboxylic acids is 1. The lowest BCUT2D eigenvalue weighted by molar-refractivity contribution is -0.124. The van der Waals surface area contributed by atoms with Crippen molar-refractivity contribution in [1.82, 2.24) is 25.0 Å². The Morgan fingerprint density at radius 3 is 2.55 bits per heavy atom. The van der Waals surface area contributed by atoms with E-state index in [1.165, 1.54) is 5.56 Å². The molecule has 0 radical (unpaired) electrons. The molecule has 0 saturated carbocycles. The molecular formula is C21H31N5O3. The summed E-state index contributed by atoms with van der Waals surface area (Å²) in [6.45, 7) is 9.15. The molecule has 0 fully saturated rings. The highest BCUT2D eigenvalue weighted by Gasteiger charge is 2.23. The summed E-state index contributed by atoms with van der Waals surface area (Å²) in [5.74, 6) is 3.25. The fraction of sp³-hybridized carbons (Fsp3) is 0.571. The van der Waals surface area contributed by atoms with Crippen LogP contribution in [0.1, 0.15) is 44.0 Å². The molecule has 1 aromatic carbocycles. The second kappa shape index (κ2) is 9.26. The summed E-state index contributed by atoms with van der Waals surface area (Å²) in [6, 6.07) is 5.88. The Bertz CT molecular complexity index is 849. The topological polar surface area (TPSA) is 81.5 Å². The molecule has 1 aromatic heterocycles. The van der Waals surface area contributed by atoms with Gasteiger partial charge in [0.2, 0.25) is 5.91 Å². The standard InChI is InChI=1S/C21H31N5O3/c1-14(2)21(27)22-15(3)20-24-23-19-8-9-25(10-11-26(19)20)13-16-6-7-17(28-4)18(12-16)29-5/h6-7,12,14-15H,8-11,13H2,1-5H3,(H,22,27)/t15-/m0/s1. The van der Waals surface area contributed by atoms with Gasteiger partial charge in [0, 0.05) is 38.5 Å². The van der Waals surface area contributed by atoms with Gasteiger partial charge in [0.25, 0.3) is 0 Å². The van der Waals surface area contributed by atoms with E-state index in [2.05, 4.69) is 31.0 Å². The first kappa shape index (κ1) is 21.1. The van der Waals surface area contributed by atoms with Crippen molar-refractivity contribution < 1.29 is 14.3 Å². The minimum absolute atomic E-state index is 0.0264. The third-order valence-electron chi connectivity index (χ3n) is 5.27. The van der Waals surface area contributed by atoms with Crippen LogP contribution in [-0.4, -0.2) is 52.9 Å². The molecule has 0 aliphatic carbocycles. The van der Waals surface area contributed by atoms with Crippen LogP contribution >= 0.6 is 0 Å². The Hall–Kier alpha value is -2.61. The number of hydrogen-bond donors (Lipinski definition) is 1. The molecule has 1 atom stereocenters. The molecule has 2 heterocycles. The molecule has 1 aliphatic rings. The van der Waals surface area contributed by atoms with E-state index in [4.69, 9.17) is 9.47 Å². The van der Waals surface area contributed by atoms with Gasteiger partial charge >= 0.3 is 0 Å². The number of fused-ring (bicyclic) bond motifs is 1. The van der Waals surface area contributed by atoms with Crippen LogP contribution in [0.25, 0.3) is 0 Å². The molecule has 1 N–H and O–H groups in total. The minimum Gasteiger partial charge on any atom is -0.493 e. The predicted octanol–water partition coefficient (Wildman–Crippen LogP) is 2.19. The highest BCUT2D eigenvalue weighted by Crippen LogP contribution is 2.28. The van der Waals surface area contributed by atoms with E-state index in [1.54, 1.807) is 14.2 Å². The summed E-state index contributed by atoms with van der Waals surface area (Å²) in [6.07, 6.45) is 0.825. The van der Waals surface area contributed by atoms with Crippen molar-refractivity contribution in [2.75, 3.05) is 27.3 Å². The molecule has 158 valence electrons. The largest absolute Gasteiger partial charge is 0.493 e. The normalized spacial score (nSPS) is 15.5. The summed E-state index contributed by atoms with van der Waals surface area (Å²) >= 11 is 0. The third kappa shape index (κ3) is 4.87. The Balaban J connectivity index is 1.67. The van der Waals surface area contributed by atoms with E-state index < -0.39 is 0 Å². The molecule has 2 aromatic rings. The van der Waals surface area contributed by atoms with Crippen molar-refractivity contribution in [3.63, 3.8) is 0 Å². The van der Waals surface area contributed by atoms with E-state index in [1.807, 2.05) is 32.9 Å². The van der Waals surface area contributed by atoms with Crippen LogP contribution in [0.2, 0.25) is 0 Å². The van der Waals surface area contributed by atoms with Gasteiger partial charge in [-0.25, -0.2) is 0 Å². The highest BCUT2D eigenvalue weighted by atomic mass is 16.5. The molecule has 0 saturated heterocycles. The quantitative estimate of drug-likeness (QED) is 0.766. The summed E-state index contributed by atoms with van der Waals surface area (Å²) in [5, 5.41) is 11.8. The Morgan fingerprint density at radius 1 is 1.10 bits per heavy atom. The van der Waals surface area contributed by atoms with Crippen LogP contribution in [0.4, 0.5) is 0 Å². The van der Waals surface area contributed by atoms with E-state index in [0.717, 1.165) is 55.7 Å². The van der Waals surface area contributed by atoms with Crippen LogP contribution in [0.15, 0.2) is 18.2 Å². The molecule has 3 rings (SSSR count). The van der Waals surface area contributed by atoms with Gasteiger partial charge in [0.15, 0.2) is 17.3 Å². The van der Waals surface area contributed by atoms with E-state index >= 15 is 0 Å². The van der Waals surface area contributed by atoms with Crippen LogP contribution in [-0.2, 0) is 24.3 Å². The number of rotatable bonds is 7. The molecule has 1 aliphatic heterocycles. The molecule has 0 bridgehead atoms. The van der Waals surface area contributed by atoms with E-state index in [0.29, 0.717) is 0 Å². The molecule has 0 spiro atoms. The average Bonchev–Trinajstić information content (AvgIpc) is 3.02. The number of amides is 1. The SMILES string of the molecule is COc1ccc(CN2CCc3nnc([C@H](C)NC(=O)C(C)C)n3CC2)cc1OC. The van der Waals surface area contributed by atoms with Gasteiger partial charge in [-0.15, -0.1) is 10.2 Å².